The maximum Gasteiger partial charge on any atom is 0.342 e. The smallest absolute Gasteiger partial charge is 0.342 e. The molecule has 0 bridgehead atoms. The van der Waals surface area contributed by atoms with Crippen molar-refractivity contribution in [1.82, 2.24) is 20.2 Å². The highest BCUT2D eigenvalue weighted by molar-refractivity contribution is 6.03. The van der Waals surface area contributed by atoms with E-state index in [9.17, 15) is 19.2 Å². The van der Waals surface area contributed by atoms with E-state index in [4.69, 9.17) is 9.15 Å². The maximum absolute atomic E-state index is 12.8. The van der Waals surface area contributed by atoms with Crippen LogP contribution >= 0.6 is 0 Å². The summed E-state index contributed by atoms with van der Waals surface area (Å²) in [6.07, 6.45) is 5.23. The number of ether oxygens (including phenoxy) is 1. The highest BCUT2D eigenvalue weighted by atomic mass is 16.5. The Morgan fingerprint density at radius 1 is 1.30 bits per heavy atom. The molecule has 10 heteroatoms. The van der Waals surface area contributed by atoms with Gasteiger partial charge in [0.25, 0.3) is 5.56 Å². The summed E-state index contributed by atoms with van der Waals surface area (Å²) >= 11 is 0. The Labute approximate surface area is 173 Å². The lowest BCUT2D eigenvalue weighted by atomic mass is 9.86. The van der Waals surface area contributed by atoms with Gasteiger partial charge in [-0.05, 0) is 32.6 Å². The van der Waals surface area contributed by atoms with Crippen molar-refractivity contribution in [2.75, 3.05) is 6.61 Å². The van der Waals surface area contributed by atoms with E-state index in [0.29, 0.717) is 5.92 Å². The van der Waals surface area contributed by atoms with Gasteiger partial charge in [0.1, 0.15) is 29.6 Å². The molecule has 0 radical (unpaired) electrons. The summed E-state index contributed by atoms with van der Waals surface area (Å²) in [6.45, 7) is 4.95. The van der Waals surface area contributed by atoms with Gasteiger partial charge in [0, 0.05) is 6.04 Å². The molecule has 1 fully saturated rings. The first-order valence-electron chi connectivity index (χ1n) is 10.1. The molecule has 2 atom stereocenters. The summed E-state index contributed by atoms with van der Waals surface area (Å²) < 4.78 is 11.4. The van der Waals surface area contributed by atoms with E-state index >= 15 is 0 Å². The van der Waals surface area contributed by atoms with Crippen molar-refractivity contribution in [2.45, 2.75) is 59.0 Å². The molecular formula is C20H26N4O6. The summed E-state index contributed by atoms with van der Waals surface area (Å²) in [7, 11) is 0. The van der Waals surface area contributed by atoms with Gasteiger partial charge in [-0.1, -0.05) is 19.8 Å². The van der Waals surface area contributed by atoms with Gasteiger partial charge in [-0.2, -0.15) is 0 Å². The maximum atomic E-state index is 12.8. The van der Waals surface area contributed by atoms with E-state index in [1.807, 2.05) is 0 Å². The average molecular weight is 418 g/mol. The van der Waals surface area contributed by atoms with E-state index < -0.39 is 30.0 Å². The predicted molar refractivity (Wildman–Crippen MR) is 107 cm³/mol. The van der Waals surface area contributed by atoms with Crippen LogP contribution in [0, 0.1) is 12.8 Å². The number of urea groups is 1. The number of hydrogen-bond acceptors (Lipinski definition) is 7. The Morgan fingerprint density at radius 2 is 2.03 bits per heavy atom. The first-order valence-corrected chi connectivity index (χ1v) is 10.1. The van der Waals surface area contributed by atoms with Crippen LogP contribution in [0.2, 0.25) is 0 Å². The normalized spacial score (nSPS) is 18.8. The molecule has 1 aliphatic rings. The topological polar surface area (TPSA) is 133 Å². The largest absolute Gasteiger partial charge is 0.462 e. The Bertz CT molecular complexity index is 1020. The van der Waals surface area contributed by atoms with E-state index in [1.54, 1.807) is 6.92 Å². The number of aromatic nitrogens is 2. The number of carbonyl (C=O) groups excluding carboxylic acids is 3. The fourth-order valence-electron chi connectivity index (χ4n) is 3.76. The van der Waals surface area contributed by atoms with Crippen molar-refractivity contribution in [3.63, 3.8) is 0 Å². The van der Waals surface area contributed by atoms with Crippen molar-refractivity contribution in [3.8, 4) is 0 Å². The third kappa shape index (κ3) is 4.52. The standard InChI is InChI=1S/C20H26N4O6/c1-4-29-19(27)15-12(3)30-17-16(15)18(26)24(10-21-17)9-14(25)23-20(28)22-13-8-6-5-7-11(13)2/h10-11,13H,4-9H2,1-3H3,(H2,22,23,25,28)/t11-,13+/m1/s1. The van der Waals surface area contributed by atoms with Gasteiger partial charge in [-0.15, -0.1) is 0 Å². The number of fused-ring (bicyclic) bond motifs is 1. The van der Waals surface area contributed by atoms with E-state index in [2.05, 4.69) is 22.5 Å². The number of hydrogen-bond donors (Lipinski definition) is 2. The molecule has 162 valence electrons. The second-order valence-corrected chi connectivity index (χ2v) is 7.50. The van der Waals surface area contributed by atoms with E-state index in [1.165, 1.54) is 6.92 Å². The second-order valence-electron chi connectivity index (χ2n) is 7.50. The molecule has 0 saturated heterocycles. The summed E-state index contributed by atoms with van der Waals surface area (Å²) in [5.41, 5.74) is -0.652. The lowest BCUT2D eigenvalue weighted by molar-refractivity contribution is -0.120. The number of nitrogens with zero attached hydrogens (tertiary/aromatic N) is 2. The molecule has 2 heterocycles. The number of carbonyl (C=O) groups is 3. The molecule has 2 aromatic heterocycles. The van der Waals surface area contributed by atoms with Crippen molar-refractivity contribution < 1.29 is 23.5 Å². The molecule has 1 saturated carbocycles. The Morgan fingerprint density at radius 3 is 2.73 bits per heavy atom. The zero-order valence-corrected chi connectivity index (χ0v) is 17.3. The quantitative estimate of drug-likeness (QED) is 0.708. The van der Waals surface area contributed by atoms with Gasteiger partial charge in [0.05, 0.1) is 6.61 Å². The van der Waals surface area contributed by atoms with Crippen LogP contribution in [-0.4, -0.2) is 40.1 Å². The molecule has 10 nitrogen and oxygen atoms in total. The number of amides is 3. The fraction of sp³-hybridized carbons (Fsp3) is 0.550. The Hall–Kier alpha value is -3.17. The summed E-state index contributed by atoms with van der Waals surface area (Å²) in [4.78, 5) is 53.5. The molecule has 0 aromatic carbocycles. The number of aryl methyl sites for hydroxylation is 1. The first-order chi connectivity index (χ1) is 14.3. The molecule has 0 spiro atoms. The van der Waals surface area contributed by atoms with Crippen LogP contribution < -0.4 is 16.2 Å². The SMILES string of the molecule is CCOC(=O)c1c(C)oc2ncn(CC(=O)NC(=O)N[C@H]3CCCC[C@H]3C)c(=O)c12. The first kappa shape index (κ1) is 21.5. The minimum atomic E-state index is -0.698. The Kier molecular flexibility index (Phi) is 6.53. The van der Waals surface area contributed by atoms with Crippen LogP contribution in [0.3, 0.4) is 0 Å². The van der Waals surface area contributed by atoms with E-state index in [-0.39, 0.29) is 35.1 Å². The third-order valence-electron chi connectivity index (χ3n) is 5.33. The van der Waals surface area contributed by atoms with Gasteiger partial charge < -0.3 is 14.5 Å². The van der Waals surface area contributed by atoms with Crippen LogP contribution in [0.15, 0.2) is 15.5 Å². The molecule has 0 aliphatic heterocycles. The van der Waals surface area contributed by atoms with Crippen molar-refractivity contribution in [3.05, 3.63) is 28.0 Å². The van der Waals surface area contributed by atoms with Gasteiger partial charge >= 0.3 is 12.0 Å². The molecular weight excluding hydrogens is 392 g/mol. The van der Waals surface area contributed by atoms with Crippen LogP contribution in [0.1, 0.15) is 55.6 Å². The lowest BCUT2D eigenvalue weighted by Gasteiger charge is -2.29. The van der Waals surface area contributed by atoms with E-state index in [0.717, 1.165) is 36.6 Å². The predicted octanol–water partition coefficient (Wildman–Crippen LogP) is 1.88. The number of nitrogens with one attached hydrogen (secondary N) is 2. The molecule has 30 heavy (non-hydrogen) atoms. The van der Waals surface area contributed by atoms with Gasteiger partial charge in [0.15, 0.2) is 0 Å². The van der Waals surface area contributed by atoms with Gasteiger partial charge in [-0.3, -0.25) is 19.5 Å². The number of furan rings is 1. The monoisotopic (exact) mass is 418 g/mol. The number of rotatable bonds is 5. The van der Waals surface area contributed by atoms with Gasteiger partial charge in [0.2, 0.25) is 11.6 Å². The molecule has 2 N–H and O–H groups in total. The summed E-state index contributed by atoms with van der Waals surface area (Å²) in [5, 5.41) is 5.01. The minimum Gasteiger partial charge on any atom is -0.462 e. The van der Waals surface area contributed by atoms with Crippen LogP contribution in [0.5, 0.6) is 0 Å². The molecule has 2 aromatic rings. The summed E-state index contributed by atoms with van der Waals surface area (Å²) in [5.74, 6) is -0.816. The summed E-state index contributed by atoms with van der Waals surface area (Å²) in [6, 6.07) is -0.569. The third-order valence-corrected chi connectivity index (χ3v) is 5.33. The molecule has 0 unspecified atom stereocenters. The zero-order chi connectivity index (χ0) is 21.8. The number of imide groups is 1. The molecule has 1 aliphatic carbocycles. The van der Waals surface area contributed by atoms with Crippen molar-refractivity contribution in [1.29, 1.82) is 0 Å². The van der Waals surface area contributed by atoms with Gasteiger partial charge in [-0.25, -0.2) is 14.6 Å². The Balaban J connectivity index is 1.73. The highest BCUT2D eigenvalue weighted by Gasteiger charge is 2.25. The lowest BCUT2D eigenvalue weighted by Crippen LogP contribution is -2.48. The zero-order valence-electron chi connectivity index (χ0n) is 17.3. The number of esters is 1. The fourth-order valence-corrected chi connectivity index (χ4v) is 3.76. The molecule has 3 amide bonds. The minimum absolute atomic E-state index is 0.0110. The van der Waals surface area contributed by atoms with Crippen molar-refractivity contribution in [2.24, 2.45) is 5.92 Å². The average Bonchev–Trinajstić information content (AvgIpc) is 3.03. The van der Waals surface area contributed by atoms with Crippen LogP contribution in [0.4, 0.5) is 4.79 Å². The van der Waals surface area contributed by atoms with Crippen LogP contribution in [0.25, 0.3) is 11.1 Å². The highest BCUT2D eigenvalue weighted by Crippen LogP contribution is 2.23. The van der Waals surface area contributed by atoms with Crippen LogP contribution in [-0.2, 0) is 16.1 Å². The second kappa shape index (κ2) is 9.10. The van der Waals surface area contributed by atoms with Crippen molar-refractivity contribution >= 4 is 29.0 Å². The molecule has 3 rings (SSSR count).